The van der Waals surface area contributed by atoms with Gasteiger partial charge in [-0.15, -0.1) is 0 Å². The van der Waals surface area contributed by atoms with Gasteiger partial charge in [0.25, 0.3) is 0 Å². The van der Waals surface area contributed by atoms with Gasteiger partial charge in [-0.05, 0) is 32.9 Å². The lowest BCUT2D eigenvalue weighted by Gasteiger charge is -2.29. The molecule has 0 saturated heterocycles. The smallest absolute Gasteiger partial charge is 0.144 e. The fraction of sp³-hybridized carbons (Fsp3) is 0.923. The van der Waals surface area contributed by atoms with Crippen LogP contribution in [0.1, 0.15) is 40.5 Å². The van der Waals surface area contributed by atoms with E-state index in [4.69, 9.17) is 15.7 Å². The monoisotopic (exact) mass is 259 g/mol. The molecule has 0 aromatic heterocycles. The highest BCUT2D eigenvalue weighted by molar-refractivity contribution is 5.85. The third-order valence-corrected chi connectivity index (χ3v) is 3.49. The Hall–Kier alpha value is -0.810. The van der Waals surface area contributed by atoms with E-state index in [0.717, 1.165) is 32.5 Å². The first-order valence-electron chi connectivity index (χ1n) is 6.60. The average molecular weight is 259 g/mol. The highest BCUT2D eigenvalue weighted by atomic mass is 16.5. The van der Waals surface area contributed by atoms with Gasteiger partial charge in [-0.2, -0.15) is 0 Å². The van der Waals surface area contributed by atoms with Gasteiger partial charge in [-0.25, -0.2) is 0 Å². The van der Waals surface area contributed by atoms with Crippen molar-refractivity contribution in [2.24, 2.45) is 16.3 Å². The third kappa shape index (κ3) is 5.69. The van der Waals surface area contributed by atoms with E-state index in [1.54, 1.807) is 7.11 Å². The zero-order chi connectivity index (χ0) is 14.2. The maximum atomic E-state index is 8.72. The molecule has 0 bridgehead atoms. The maximum absolute atomic E-state index is 8.72. The summed E-state index contributed by atoms with van der Waals surface area (Å²) in [6, 6.07) is 0.423. The quantitative estimate of drug-likeness (QED) is 0.287. The first-order chi connectivity index (χ1) is 8.38. The number of hydrogen-bond donors (Lipinski definition) is 2. The van der Waals surface area contributed by atoms with E-state index in [0.29, 0.717) is 11.9 Å². The second-order valence-corrected chi connectivity index (χ2v) is 5.41. The van der Waals surface area contributed by atoms with Crippen LogP contribution >= 0.6 is 0 Å². The predicted molar refractivity (Wildman–Crippen MR) is 75.0 cm³/mol. The van der Waals surface area contributed by atoms with Crippen LogP contribution in [0.2, 0.25) is 0 Å². The highest BCUT2D eigenvalue weighted by Crippen LogP contribution is 2.22. The van der Waals surface area contributed by atoms with Gasteiger partial charge in [0, 0.05) is 18.6 Å². The number of methoxy groups -OCH3 is 1. The van der Waals surface area contributed by atoms with Crippen molar-refractivity contribution >= 4 is 5.84 Å². The first-order valence-corrected chi connectivity index (χ1v) is 6.60. The zero-order valence-electron chi connectivity index (χ0n) is 12.4. The molecule has 0 heterocycles. The summed E-state index contributed by atoms with van der Waals surface area (Å²) in [4.78, 5) is 2.38. The average Bonchev–Trinajstić information content (AvgIpc) is 2.33. The Morgan fingerprint density at radius 1 is 1.50 bits per heavy atom. The van der Waals surface area contributed by atoms with Gasteiger partial charge in [0.15, 0.2) is 0 Å². The molecule has 18 heavy (non-hydrogen) atoms. The molecule has 0 amide bonds. The van der Waals surface area contributed by atoms with Crippen molar-refractivity contribution in [2.45, 2.75) is 46.6 Å². The van der Waals surface area contributed by atoms with Crippen molar-refractivity contribution in [2.75, 3.05) is 26.8 Å². The van der Waals surface area contributed by atoms with Gasteiger partial charge in [0.2, 0.25) is 0 Å². The van der Waals surface area contributed by atoms with Crippen LogP contribution in [0.4, 0.5) is 0 Å². The summed E-state index contributed by atoms with van der Waals surface area (Å²) in [6.07, 6.45) is 1.92. The Kier molecular flexibility index (Phi) is 7.95. The van der Waals surface area contributed by atoms with E-state index in [1.807, 2.05) is 13.8 Å². The molecule has 3 N–H and O–H groups in total. The summed E-state index contributed by atoms with van der Waals surface area (Å²) >= 11 is 0. The molecule has 0 aromatic carbocycles. The molecule has 0 aliphatic carbocycles. The molecule has 5 heteroatoms. The molecule has 108 valence electrons. The van der Waals surface area contributed by atoms with Crippen LogP contribution in [0.3, 0.4) is 0 Å². The van der Waals surface area contributed by atoms with Crippen LogP contribution in [0.5, 0.6) is 0 Å². The minimum atomic E-state index is -0.251. The third-order valence-electron chi connectivity index (χ3n) is 3.49. The maximum Gasteiger partial charge on any atom is 0.144 e. The molecule has 0 aromatic rings. The summed E-state index contributed by atoms with van der Waals surface area (Å²) in [6.45, 7) is 11.1. The van der Waals surface area contributed by atoms with Crippen LogP contribution in [0, 0.1) is 5.41 Å². The summed E-state index contributed by atoms with van der Waals surface area (Å²) in [5.41, 5.74) is 5.42. The van der Waals surface area contributed by atoms with Crippen molar-refractivity contribution in [3.05, 3.63) is 0 Å². The molecule has 0 aliphatic rings. The van der Waals surface area contributed by atoms with Crippen LogP contribution < -0.4 is 5.73 Å². The molecule has 0 fully saturated rings. The second kappa shape index (κ2) is 8.32. The topological polar surface area (TPSA) is 71.1 Å². The van der Waals surface area contributed by atoms with Gasteiger partial charge < -0.3 is 15.7 Å². The summed E-state index contributed by atoms with van der Waals surface area (Å²) in [7, 11) is 1.73. The predicted octanol–water partition coefficient (Wildman–Crippen LogP) is 1.90. The minimum Gasteiger partial charge on any atom is -0.409 e. The number of rotatable bonds is 9. The van der Waals surface area contributed by atoms with Crippen molar-refractivity contribution < 1.29 is 9.94 Å². The number of likely N-dealkylation sites (N-methyl/N-ethyl adjacent to an activating group) is 1. The summed E-state index contributed by atoms with van der Waals surface area (Å²) in [5.74, 6) is 0.301. The van der Waals surface area contributed by atoms with E-state index in [-0.39, 0.29) is 5.41 Å². The van der Waals surface area contributed by atoms with Crippen molar-refractivity contribution in [1.82, 2.24) is 4.90 Å². The Bertz CT molecular complexity index is 255. The standard InChI is InChI=1S/C13H29N3O2/c1-6-16(11(2)10-18-5)9-7-8-13(3,4)12(14)15-17/h11,17H,6-10H2,1-5H3,(H2,14,15). The number of amidine groups is 1. The molecule has 0 radical (unpaired) electrons. The number of nitrogens with two attached hydrogens (primary N) is 1. The highest BCUT2D eigenvalue weighted by Gasteiger charge is 2.23. The Morgan fingerprint density at radius 3 is 2.56 bits per heavy atom. The molecular formula is C13H29N3O2. The van der Waals surface area contributed by atoms with Gasteiger partial charge in [0.1, 0.15) is 5.84 Å². The van der Waals surface area contributed by atoms with E-state index < -0.39 is 0 Å². The Morgan fingerprint density at radius 2 is 2.11 bits per heavy atom. The molecular weight excluding hydrogens is 230 g/mol. The van der Waals surface area contributed by atoms with Gasteiger partial charge in [-0.1, -0.05) is 25.9 Å². The van der Waals surface area contributed by atoms with E-state index in [1.165, 1.54) is 0 Å². The molecule has 0 spiro atoms. The van der Waals surface area contributed by atoms with Gasteiger partial charge in [0.05, 0.1) is 6.61 Å². The van der Waals surface area contributed by atoms with E-state index in [9.17, 15) is 0 Å². The van der Waals surface area contributed by atoms with E-state index in [2.05, 4.69) is 23.9 Å². The Labute approximate surface area is 111 Å². The lowest BCUT2D eigenvalue weighted by Crippen LogP contribution is -2.38. The fourth-order valence-corrected chi connectivity index (χ4v) is 2.02. The van der Waals surface area contributed by atoms with Crippen molar-refractivity contribution in [3.8, 4) is 0 Å². The molecule has 0 aliphatic heterocycles. The lowest BCUT2D eigenvalue weighted by atomic mass is 9.86. The lowest BCUT2D eigenvalue weighted by molar-refractivity contribution is 0.100. The van der Waals surface area contributed by atoms with Crippen LogP contribution in [0.25, 0.3) is 0 Å². The molecule has 1 atom stereocenters. The van der Waals surface area contributed by atoms with E-state index >= 15 is 0 Å². The number of ether oxygens (including phenoxy) is 1. The Balaban J connectivity index is 4.15. The molecule has 0 rings (SSSR count). The SMILES string of the molecule is CCN(CCCC(C)(C)C(N)=NO)C(C)COC. The zero-order valence-corrected chi connectivity index (χ0v) is 12.4. The summed E-state index contributed by atoms with van der Waals surface area (Å²) in [5, 5.41) is 11.8. The summed E-state index contributed by atoms with van der Waals surface area (Å²) < 4.78 is 5.18. The normalized spacial score (nSPS) is 15.1. The van der Waals surface area contributed by atoms with Crippen LogP contribution in [-0.4, -0.2) is 48.8 Å². The van der Waals surface area contributed by atoms with Crippen LogP contribution in [0.15, 0.2) is 5.16 Å². The number of hydrogen-bond acceptors (Lipinski definition) is 4. The van der Waals surface area contributed by atoms with Crippen molar-refractivity contribution in [3.63, 3.8) is 0 Å². The van der Waals surface area contributed by atoms with Gasteiger partial charge >= 0.3 is 0 Å². The number of nitrogens with zero attached hydrogens (tertiary/aromatic N) is 2. The van der Waals surface area contributed by atoms with Crippen LogP contribution in [-0.2, 0) is 4.74 Å². The first kappa shape index (κ1) is 17.2. The molecule has 1 unspecified atom stereocenters. The largest absolute Gasteiger partial charge is 0.409 e. The number of oxime groups is 1. The molecule has 5 nitrogen and oxygen atoms in total. The molecule has 0 saturated carbocycles. The second-order valence-electron chi connectivity index (χ2n) is 5.41. The van der Waals surface area contributed by atoms with Crippen molar-refractivity contribution in [1.29, 1.82) is 0 Å². The van der Waals surface area contributed by atoms with Gasteiger partial charge in [-0.3, -0.25) is 4.90 Å². The minimum absolute atomic E-state index is 0.251. The fourth-order valence-electron chi connectivity index (χ4n) is 2.02.